The number of phosphoric ester groups is 2. The van der Waals surface area contributed by atoms with E-state index in [9.17, 15) is 43.2 Å². The zero-order valence-corrected chi connectivity index (χ0v) is 68.2. The third kappa shape index (κ3) is 76.1. The van der Waals surface area contributed by atoms with Crippen molar-refractivity contribution < 1.29 is 80.2 Å². The van der Waals surface area contributed by atoms with Gasteiger partial charge in [0.05, 0.1) is 26.4 Å². The fourth-order valence-corrected chi connectivity index (χ4v) is 14.2. The molecule has 0 saturated heterocycles. The van der Waals surface area contributed by atoms with Crippen LogP contribution in [0.2, 0.25) is 0 Å². The minimum Gasteiger partial charge on any atom is -0.462 e. The lowest BCUT2D eigenvalue weighted by Crippen LogP contribution is -2.30. The van der Waals surface area contributed by atoms with Gasteiger partial charge in [-0.2, -0.15) is 0 Å². The van der Waals surface area contributed by atoms with E-state index in [1.54, 1.807) is 0 Å². The topological polar surface area (TPSA) is 237 Å². The monoisotopic (exact) mass is 1480 g/mol. The second-order valence-corrected chi connectivity index (χ2v) is 33.8. The molecule has 0 heterocycles. The molecule has 0 spiro atoms. The summed E-state index contributed by atoms with van der Waals surface area (Å²) in [6, 6.07) is 0. The van der Waals surface area contributed by atoms with Crippen LogP contribution in [0.4, 0.5) is 0 Å². The van der Waals surface area contributed by atoms with Gasteiger partial charge in [0.15, 0.2) is 12.2 Å². The Morgan fingerprint density at radius 3 is 0.673 bits per heavy atom. The zero-order chi connectivity index (χ0) is 74.4. The summed E-state index contributed by atoms with van der Waals surface area (Å²) in [4.78, 5) is 73.1. The van der Waals surface area contributed by atoms with Crippen molar-refractivity contribution in [3.63, 3.8) is 0 Å². The van der Waals surface area contributed by atoms with Crippen molar-refractivity contribution in [1.82, 2.24) is 0 Å². The van der Waals surface area contributed by atoms with Crippen LogP contribution in [0.1, 0.15) is 427 Å². The summed E-state index contributed by atoms with van der Waals surface area (Å²) in [6.45, 7) is 11.9. The lowest BCUT2D eigenvalue weighted by atomic mass is 10.0. The van der Waals surface area contributed by atoms with E-state index in [4.69, 9.17) is 37.0 Å². The highest BCUT2D eigenvalue weighted by Gasteiger charge is 2.30. The number of aliphatic hydroxyl groups excluding tert-OH is 1. The number of phosphoric acid groups is 2. The summed E-state index contributed by atoms with van der Waals surface area (Å²) in [5, 5.41) is 10.7. The first-order valence-corrected chi connectivity index (χ1v) is 45.3. The number of unbranched alkanes of at least 4 members (excludes halogenated alkanes) is 48. The van der Waals surface area contributed by atoms with E-state index in [1.165, 1.54) is 238 Å². The molecule has 0 aromatic carbocycles. The van der Waals surface area contributed by atoms with Gasteiger partial charge in [0.1, 0.15) is 19.3 Å². The largest absolute Gasteiger partial charge is 0.472 e. The maximum absolute atomic E-state index is 13.1. The third-order valence-corrected chi connectivity index (χ3v) is 21.0. The predicted molar refractivity (Wildman–Crippen MR) is 414 cm³/mol. The molecule has 0 rings (SSSR count). The zero-order valence-electron chi connectivity index (χ0n) is 66.4. The summed E-state index contributed by atoms with van der Waals surface area (Å²) < 4.78 is 68.8. The van der Waals surface area contributed by atoms with Crippen molar-refractivity contribution in [1.29, 1.82) is 0 Å². The van der Waals surface area contributed by atoms with E-state index in [0.717, 1.165) is 108 Å². The SMILES string of the molecule is CCCCCCCCCCCCCCCCCCCCCCC(=O)O[C@H](COC(=O)CCCCCCCCCCCCCC(C)C)COP(=O)(O)OC[C@@H](O)COP(=O)(O)OC[C@@H](COC(=O)CCCCCCCCCCCCC(C)C)OC(=O)CCCCCCCCCCCCCC(C)C. The Hall–Kier alpha value is -1.94. The number of hydrogen-bond acceptors (Lipinski definition) is 15. The Kier molecular flexibility index (Phi) is 70.9. The molecule has 0 saturated carbocycles. The highest BCUT2D eigenvalue weighted by atomic mass is 31.2. The van der Waals surface area contributed by atoms with E-state index in [2.05, 4.69) is 48.5 Å². The molecule has 19 heteroatoms. The number of carbonyl (C=O) groups is 4. The summed E-state index contributed by atoms with van der Waals surface area (Å²) in [5.41, 5.74) is 0. The van der Waals surface area contributed by atoms with Gasteiger partial charge in [0.25, 0.3) is 0 Å². The van der Waals surface area contributed by atoms with Gasteiger partial charge in [-0.1, -0.05) is 376 Å². The Bertz CT molecular complexity index is 1960. The van der Waals surface area contributed by atoms with Gasteiger partial charge >= 0.3 is 39.5 Å². The molecule has 3 N–H and O–H groups in total. The van der Waals surface area contributed by atoms with Crippen molar-refractivity contribution in [2.45, 2.75) is 446 Å². The van der Waals surface area contributed by atoms with E-state index in [0.29, 0.717) is 25.7 Å². The lowest BCUT2D eigenvalue weighted by molar-refractivity contribution is -0.161. The smallest absolute Gasteiger partial charge is 0.462 e. The number of rotatable bonds is 80. The Balaban J connectivity index is 5.25. The molecule has 0 aliphatic rings. The number of carbonyl (C=O) groups excluding carboxylic acids is 4. The van der Waals surface area contributed by atoms with Gasteiger partial charge < -0.3 is 33.8 Å². The van der Waals surface area contributed by atoms with Crippen LogP contribution < -0.4 is 0 Å². The summed E-state index contributed by atoms with van der Waals surface area (Å²) >= 11 is 0. The average molecular weight is 1480 g/mol. The molecule has 0 bridgehead atoms. The fourth-order valence-electron chi connectivity index (χ4n) is 12.7. The molecule has 0 radical (unpaired) electrons. The number of hydrogen-bond donors (Lipinski definition) is 3. The van der Waals surface area contributed by atoms with E-state index in [1.807, 2.05) is 0 Å². The number of aliphatic hydroxyl groups is 1. The molecule has 0 fully saturated rings. The summed E-state index contributed by atoms with van der Waals surface area (Å²) in [5.74, 6) is 0.185. The molecule has 5 atom stereocenters. The Morgan fingerprint density at radius 2 is 0.455 bits per heavy atom. The van der Waals surface area contributed by atoms with Gasteiger partial charge in [-0.3, -0.25) is 37.3 Å². The van der Waals surface area contributed by atoms with Crippen molar-refractivity contribution >= 4 is 39.5 Å². The second kappa shape index (κ2) is 72.3. The first-order chi connectivity index (χ1) is 48.7. The number of ether oxygens (including phenoxy) is 4. The van der Waals surface area contributed by atoms with E-state index >= 15 is 0 Å². The van der Waals surface area contributed by atoms with Gasteiger partial charge in [-0.05, 0) is 43.4 Å². The van der Waals surface area contributed by atoms with Gasteiger partial charge in [0, 0.05) is 25.7 Å². The average Bonchev–Trinajstić information content (AvgIpc) is 0.957. The molecule has 2 unspecified atom stereocenters. The van der Waals surface area contributed by atoms with Crippen molar-refractivity contribution in [3.8, 4) is 0 Å². The minimum atomic E-state index is -4.96. The van der Waals surface area contributed by atoms with Crippen LogP contribution in [-0.4, -0.2) is 96.7 Å². The molecule has 600 valence electrons. The standard InChI is InChI=1S/C82H160O17P2/c1-8-9-10-11-12-13-14-15-16-17-18-19-20-21-22-27-37-44-51-58-65-81(86)98-77(69-92-79(84)63-56-49-42-35-28-23-25-32-39-46-53-60-73(2)3)71-96-100(88,89)94-67-76(83)68-95-101(90,91)97-72-78(70-93-80(85)64-57-50-43-36-31-30-34-41-48-55-62-75(6)7)99-82(87)66-59-52-45-38-29-24-26-33-40-47-54-61-74(4)5/h73-78,83H,8-72H2,1-7H3,(H,88,89)(H,90,91)/t76-,77-,78-/m1/s1. The highest BCUT2D eigenvalue weighted by Crippen LogP contribution is 2.45. The maximum Gasteiger partial charge on any atom is 0.472 e. The van der Waals surface area contributed by atoms with Gasteiger partial charge in [-0.25, -0.2) is 9.13 Å². The Labute approximate surface area is 619 Å². The maximum atomic E-state index is 13.1. The van der Waals surface area contributed by atoms with Crippen LogP contribution in [0.25, 0.3) is 0 Å². The van der Waals surface area contributed by atoms with Crippen LogP contribution >= 0.6 is 15.6 Å². The van der Waals surface area contributed by atoms with Crippen LogP contribution in [0.15, 0.2) is 0 Å². The molecule has 0 aliphatic carbocycles. The van der Waals surface area contributed by atoms with Crippen LogP contribution in [0, 0.1) is 17.8 Å². The summed E-state index contributed by atoms with van der Waals surface area (Å²) in [6.07, 6.45) is 61.0. The minimum absolute atomic E-state index is 0.106. The second-order valence-electron chi connectivity index (χ2n) is 30.9. The van der Waals surface area contributed by atoms with Crippen molar-refractivity contribution in [3.05, 3.63) is 0 Å². The quantitative estimate of drug-likeness (QED) is 0.0222. The molecule has 0 aromatic heterocycles. The third-order valence-electron chi connectivity index (χ3n) is 19.1. The van der Waals surface area contributed by atoms with E-state index < -0.39 is 97.5 Å². The van der Waals surface area contributed by atoms with Crippen molar-refractivity contribution in [2.24, 2.45) is 17.8 Å². The molecule has 0 aromatic rings. The number of esters is 4. The first kappa shape index (κ1) is 99.1. The molecular formula is C82H160O17P2. The van der Waals surface area contributed by atoms with E-state index in [-0.39, 0.29) is 25.7 Å². The molecule has 0 amide bonds. The first-order valence-electron chi connectivity index (χ1n) is 42.3. The van der Waals surface area contributed by atoms with Crippen LogP contribution in [0.5, 0.6) is 0 Å². The molecule has 101 heavy (non-hydrogen) atoms. The lowest BCUT2D eigenvalue weighted by Gasteiger charge is -2.21. The normalized spacial score (nSPS) is 14.0. The predicted octanol–water partition coefficient (Wildman–Crippen LogP) is 24.5. The Morgan fingerprint density at radius 1 is 0.267 bits per heavy atom. The fraction of sp³-hybridized carbons (Fsp3) is 0.951. The van der Waals surface area contributed by atoms with Crippen molar-refractivity contribution in [2.75, 3.05) is 39.6 Å². The van der Waals surface area contributed by atoms with Gasteiger partial charge in [-0.15, -0.1) is 0 Å². The van der Waals surface area contributed by atoms with Gasteiger partial charge in [0.2, 0.25) is 0 Å². The highest BCUT2D eigenvalue weighted by molar-refractivity contribution is 7.47. The molecule has 0 aliphatic heterocycles. The molecule has 17 nitrogen and oxygen atoms in total. The molecular weight excluding hydrogens is 1320 g/mol. The van der Waals surface area contributed by atoms with Crippen LogP contribution in [-0.2, 0) is 65.4 Å². The summed E-state index contributed by atoms with van der Waals surface area (Å²) in [7, 11) is -9.92. The van der Waals surface area contributed by atoms with Crippen LogP contribution in [0.3, 0.4) is 0 Å².